The number of fused-ring (bicyclic) bond motifs is 1. The summed E-state index contributed by atoms with van der Waals surface area (Å²) in [6.07, 6.45) is 4.53. The molecule has 0 aliphatic heterocycles. The second kappa shape index (κ2) is 3.29. The van der Waals surface area contributed by atoms with Crippen LogP contribution in [0.3, 0.4) is 0 Å². The van der Waals surface area contributed by atoms with Crippen LogP contribution in [-0.2, 0) is 0 Å². The Bertz CT molecular complexity index is 182. The molecule has 0 aromatic rings. The first kappa shape index (κ1) is 9.55. The first-order valence-electron chi connectivity index (χ1n) is 6.15. The Hall–Kier alpha value is 0. The van der Waals surface area contributed by atoms with Crippen molar-refractivity contribution < 1.29 is 0 Å². The van der Waals surface area contributed by atoms with Gasteiger partial charge >= 0.3 is 0 Å². The summed E-state index contributed by atoms with van der Waals surface area (Å²) in [6.45, 7) is 9.72. The van der Waals surface area contributed by atoms with Gasteiger partial charge in [0.1, 0.15) is 0 Å². The molecule has 5 unspecified atom stereocenters. The van der Waals surface area contributed by atoms with Crippen LogP contribution in [0.15, 0.2) is 0 Å². The second-order valence-corrected chi connectivity index (χ2v) is 5.73. The summed E-state index contributed by atoms with van der Waals surface area (Å²) in [4.78, 5) is 0. The molecule has 76 valence electrons. The summed E-state index contributed by atoms with van der Waals surface area (Å²) in [6, 6.07) is 0. The molecule has 13 heavy (non-hydrogen) atoms. The molecule has 0 aromatic heterocycles. The van der Waals surface area contributed by atoms with Crippen molar-refractivity contribution in [3.05, 3.63) is 0 Å². The quantitative estimate of drug-likeness (QED) is 0.603. The first-order chi connectivity index (χ1) is 6.15. The lowest BCUT2D eigenvalue weighted by molar-refractivity contribution is 0.115. The SMILES string of the molecule is CCC1C(C)C(C(C)C)CC2CC21. The zero-order chi connectivity index (χ0) is 9.59. The molecule has 5 atom stereocenters. The molecule has 0 aromatic carbocycles. The number of rotatable bonds is 2. The van der Waals surface area contributed by atoms with Crippen molar-refractivity contribution >= 4 is 0 Å². The maximum atomic E-state index is 2.51. The van der Waals surface area contributed by atoms with Gasteiger partial charge in [0.25, 0.3) is 0 Å². The van der Waals surface area contributed by atoms with Gasteiger partial charge in [-0.05, 0) is 48.3 Å². The van der Waals surface area contributed by atoms with E-state index in [0.29, 0.717) is 0 Å². The molecule has 2 aliphatic carbocycles. The Kier molecular flexibility index (Phi) is 2.42. The third-order valence-electron chi connectivity index (χ3n) is 4.78. The highest BCUT2D eigenvalue weighted by Crippen LogP contribution is 2.58. The molecule has 0 heterocycles. The summed E-state index contributed by atoms with van der Waals surface area (Å²) in [7, 11) is 0. The van der Waals surface area contributed by atoms with Crippen molar-refractivity contribution in [3.8, 4) is 0 Å². The Balaban J connectivity index is 2.06. The van der Waals surface area contributed by atoms with Crippen molar-refractivity contribution in [2.24, 2.45) is 35.5 Å². The maximum absolute atomic E-state index is 2.51. The molecular formula is C13H24. The van der Waals surface area contributed by atoms with E-state index in [1.807, 2.05) is 0 Å². The molecule has 0 amide bonds. The minimum absolute atomic E-state index is 0.908. The minimum Gasteiger partial charge on any atom is -0.0651 e. The van der Waals surface area contributed by atoms with Gasteiger partial charge in [0.2, 0.25) is 0 Å². The summed E-state index contributed by atoms with van der Waals surface area (Å²) < 4.78 is 0. The minimum atomic E-state index is 0.908. The Morgan fingerprint density at radius 1 is 1.23 bits per heavy atom. The van der Waals surface area contributed by atoms with Crippen molar-refractivity contribution in [3.63, 3.8) is 0 Å². The van der Waals surface area contributed by atoms with Crippen LogP contribution >= 0.6 is 0 Å². The second-order valence-electron chi connectivity index (χ2n) is 5.73. The normalized spacial score (nSPS) is 49.2. The molecular weight excluding hydrogens is 156 g/mol. The van der Waals surface area contributed by atoms with Crippen LogP contribution in [-0.4, -0.2) is 0 Å². The standard InChI is InChI=1S/C13H24/c1-5-11-9(4)12(8(2)3)6-10-7-13(10)11/h8-13H,5-7H2,1-4H3. The van der Waals surface area contributed by atoms with Crippen molar-refractivity contribution in [2.45, 2.75) is 47.0 Å². The third-order valence-corrected chi connectivity index (χ3v) is 4.78. The smallest absolute Gasteiger partial charge is 0.0352 e. The van der Waals surface area contributed by atoms with E-state index >= 15 is 0 Å². The van der Waals surface area contributed by atoms with Gasteiger partial charge in [0.15, 0.2) is 0 Å². The lowest BCUT2D eigenvalue weighted by Crippen LogP contribution is -2.30. The fourth-order valence-corrected chi connectivity index (χ4v) is 3.89. The van der Waals surface area contributed by atoms with Gasteiger partial charge in [-0.1, -0.05) is 34.1 Å². The van der Waals surface area contributed by atoms with Crippen LogP contribution in [0.5, 0.6) is 0 Å². The average Bonchev–Trinajstić information content (AvgIpc) is 2.81. The molecule has 0 heteroatoms. The molecule has 0 spiro atoms. The maximum Gasteiger partial charge on any atom is -0.0352 e. The van der Waals surface area contributed by atoms with E-state index in [-0.39, 0.29) is 0 Å². The van der Waals surface area contributed by atoms with E-state index in [1.165, 1.54) is 6.42 Å². The van der Waals surface area contributed by atoms with Crippen LogP contribution in [0.2, 0.25) is 0 Å². The monoisotopic (exact) mass is 180 g/mol. The molecule has 2 fully saturated rings. The molecule has 0 nitrogen and oxygen atoms in total. The topological polar surface area (TPSA) is 0 Å². The highest BCUT2D eigenvalue weighted by molar-refractivity contribution is 5.00. The average molecular weight is 180 g/mol. The van der Waals surface area contributed by atoms with Gasteiger partial charge in [-0.2, -0.15) is 0 Å². The molecule has 0 bridgehead atoms. The Morgan fingerprint density at radius 3 is 2.46 bits per heavy atom. The summed E-state index contributed by atoms with van der Waals surface area (Å²) in [5, 5.41) is 0. The molecule has 2 saturated carbocycles. The van der Waals surface area contributed by atoms with E-state index in [1.54, 1.807) is 12.8 Å². The first-order valence-corrected chi connectivity index (χ1v) is 6.15. The fraction of sp³-hybridized carbons (Fsp3) is 1.00. The third kappa shape index (κ3) is 1.53. The van der Waals surface area contributed by atoms with Gasteiger partial charge in [-0.15, -0.1) is 0 Å². The largest absolute Gasteiger partial charge is 0.0651 e. The lowest BCUT2D eigenvalue weighted by Gasteiger charge is -2.37. The van der Waals surface area contributed by atoms with Crippen molar-refractivity contribution in [2.75, 3.05) is 0 Å². The highest BCUT2D eigenvalue weighted by Gasteiger charge is 2.51. The van der Waals surface area contributed by atoms with Crippen LogP contribution in [0, 0.1) is 35.5 Å². The zero-order valence-corrected chi connectivity index (χ0v) is 9.59. The summed E-state index contributed by atoms with van der Waals surface area (Å²) in [5.41, 5.74) is 0. The molecule has 2 aliphatic rings. The molecule has 0 saturated heterocycles. The van der Waals surface area contributed by atoms with Crippen LogP contribution in [0.4, 0.5) is 0 Å². The van der Waals surface area contributed by atoms with Crippen LogP contribution in [0.25, 0.3) is 0 Å². The van der Waals surface area contributed by atoms with Gasteiger partial charge in [-0.3, -0.25) is 0 Å². The summed E-state index contributed by atoms with van der Waals surface area (Å²) in [5.74, 6) is 6.25. The predicted molar refractivity (Wildman–Crippen MR) is 57.5 cm³/mol. The van der Waals surface area contributed by atoms with E-state index in [0.717, 1.165) is 35.5 Å². The Morgan fingerprint density at radius 2 is 1.92 bits per heavy atom. The zero-order valence-electron chi connectivity index (χ0n) is 9.59. The highest BCUT2D eigenvalue weighted by atomic mass is 14.6. The van der Waals surface area contributed by atoms with Gasteiger partial charge in [0, 0.05) is 0 Å². The van der Waals surface area contributed by atoms with Gasteiger partial charge in [-0.25, -0.2) is 0 Å². The van der Waals surface area contributed by atoms with E-state index in [9.17, 15) is 0 Å². The van der Waals surface area contributed by atoms with Gasteiger partial charge < -0.3 is 0 Å². The van der Waals surface area contributed by atoms with E-state index in [4.69, 9.17) is 0 Å². The molecule has 0 N–H and O–H groups in total. The predicted octanol–water partition coefficient (Wildman–Crippen LogP) is 3.96. The van der Waals surface area contributed by atoms with Crippen LogP contribution < -0.4 is 0 Å². The summed E-state index contributed by atoms with van der Waals surface area (Å²) >= 11 is 0. The Labute approximate surface area is 83.1 Å². The van der Waals surface area contributed by atoms with Gasteiger partial charge in [0.05, 0.1) is 0 Å². The lowest BCUT2D eigenvalue weighted by atomic mass is 9.68. The fourth-order valence-electron chi connectivity index (χ4n) is 3.89. The van der Waals surface area contributed by atoms with E-state index < -0.39 is 0 Å². The molecule has 0 radical (unpaired) electrons. The van der Waals surface area contributed by atoms with Crippen molar-refractivity contribution in [1.82, 2.24) is 0 Å². The number of hydrogen-bond donors (Lipinski definition) is 0. The van der Waals surface area contributed by atoms with Crippen molar-refractivity contribution in [1.29, 1.82) is 0 Å². The number of hydrogen-bond acceptors (Lipinski definition) is 0. The van der Waals surface area contributed by atoms with Crippen LogP contribution in [0.1, 0.15) is 47.0 Å². The molecule has 2 rings (SSSR count). The van der Waals surface area contributed by atoms with E-state index in [2.05, 4.69) is 27.7 Å².